The zero-order valence-electron chi connectivity index (χ0n) is 11.2. The van der Waals surface area contributed by atoms with Crippen molar-refractivity contribution in [1.82, 2.24) is 4.90 Å². The molecule has 3 heteroatoms. The second kappa shape index (κ2) is 6.42. The van der Waals surface area contributed by atoms with Gasteiger partial charge < -0.3 is 4.90 Å². The zero-order chi connectivity index (χ0) is 13.8. The van der Waals surface area contributed by atoms with E-state index in [0.717, 1.165) is 18.5 Å². The van der Waals surface area contributed by atoms with Gasteiger partial charge in [0.2, 0.25) is 0 Å². The molecule has 0 aromatic heterocycles. The van der Waals surface area contributed by atoms with Gasteiger partial charge in [0.15, 0.2) is 0 Å². The highest BCUT2D eigenvalue weighted by atomic mass is 35.5. The van der Waals surface area contributed by atoms with Crippen LogP contribution in [-0.4, -0.2) is 25.5 Å². The lowest BCUT2D eigenvalue weighted by Crippen LogP contribution is -2.15. The van der Waals surface area contributed by atoms with Gasteiger partial charge in [-0.25, -0.2) is 0 Å². The summed E-state index contributed by atoms with van der Waals surface area (Å²) in [7, 11) is 4.17. The first-order valence-corrected chi connectivity index (χ1v) is 7.01. The third-order valence-electron chi connectivity index (χ3n) is 3.08. The molecule has 2 aromatic carbocycles. The molecule has 2 rings (SSSR count). The summed E-state index contributed by atoms with van der Waals surface area (Å²) in [4.78, 5) is 2.19. The van der Waals surface area contributed by atoms with Gasteiger partial charge in [0, 0.05) is 6.54 Å². The monoisotopic (exact) mass is 293 g/mol. The lowest BCUT2D eigenvalue weighted by molar-refractivity contribution is 0.414. The van der Waals surface area contributed by atoms with E-state index in [0.29, 0.717) is 10.0 Å². The summed E-state index contributed by atoms with van der Waals surface area (Å²) in [6.45, 7) is 1.03. The smallest absolute Gasteiger partial charge is 0.0598 e. The number of halogens is 2. The van der Waals surface area contributed by atoms with E-state index in [1.54, 1.807) is 0 Å². The van der Waals surface area contributed by atoms with Crippen LogP contribution in [0.3, 0.4) is 0 Å². The minimum absolute atomic E-state index is 0.594. The maximum Gasteiger partial charge on any atom is 0.0598 e. The molecule has 0 aliphatic heterocycles. The first-order valence-electron chi connectivity index (χ1n) is 6.26. The Morgan fingerprint density at radius 1 is 0.947 bits per heavy atom. The molecule has 0 unspecified atom stereocenters. The normalized spacial score (nSPS) is 11.0. The van der Waals surface area contributed by atoms with Crippen LogP contribution in [0.2, 0.25) is 10.0 Å². The number of hydrogen-bond donors (Lipinski definition) is 0. The predicted molar refractivity (Wildman–Crippen MR) is 84.2 cm³/mol. The highest BCUT2D eigenvalue weighted by molar-refractivity contribution is 6.42. The second-order valence-electron chi connectivity index (χ2n) is 4.84. The Morgan fingerprint density at radius 2 is 1.68 bits per heavy atom. The van der Waals surface area contributed by atoms with Crippen LogP contribution in [0.5, 0.6) is 0 Å². The number of hydrogen-bond acceptors (Lipinski definition) is 1. The van der Waals surface area contributed by atoms with Crippen molar-refractivity contribution in [3.05, 3.63) is 58.1 Å². The summed E-state index contributed by atoms with van der Waals surface area (Å²) >= 11 is 12.1. The van der Waals surface area contributed by atoms with E-state index in [1.165, 1.54) is 11.1 Å². The van der Waals surface area contributed by atoms with E-state index in [4.69, 9.17) is 23.2 Å². The van der Waals surface area contributed by atoms with Crippen LogP contribution in [0.15, 0.2) is 42.5 Å². The van der Waals surface area contributed by atoms with E-state index < -0.39 is 0 Å². The summed E-state index contributed by atoms with van der Waals surface area (Å²) in [5, 5.41) is 1.19. The minimum Gasteiger partial charge on any atom is -0.309 e. The van der Waals surface area contributed by atoms with Gasteiger partial charge in [0.1, 0.15) is 0 Å². The summed E-state index contributed by atoms with van der Waals surface area (Å²) in [5.74, 6) is 0. The van der Waals surface area contributed by atoms with Crippen molar-refractivity contribution >= 4 is 23.2 Å². The largest absolute Gasteiger partial charge is 0.309 e. The summed E-state index contributed by atoms with van der Waals surface area (Å²) in [6, 6.07) is 14.2. The van der Waals surface area contributed by atoms with Gasteiger partial charge >= 0.3 is 0 Å². The molecule has 0 atom stereocenters. The molecule has 0 radical (unpaired) electrons. The molecule has 1 nitrogen and oxygen atoms in total. The number of likely N-dealkylation sites (N-methyl/N-ethyl adjacent to an activating group) is 1. The summed E-state index contributed by atoms with van der Waals surface area (Å²) in [5.41, 5.74) is 3.67. The predicted octanol–water partition coefficient (Wildman–Crippen LogP) is 4.76. The van der Waals surface area contributed by atoms with E-state index in [2.05, 4.69) is 43.3 Å². The Labute approximate surface area is 124 Å². The molecule has 2 aromatic rings. The molecule has 0 N–H and O–H groups in total. The fourth-order valence-corrected chi connectivity index (χ4v) is 2.33. The van der Waals surface area contributed by atoms with Crippen molar-refractivity contribution < 1.29 is 0 Å². The first-order chi connectivity index (χ1) is 9.08. The highest BCUT2D eigenvalue weighted by Gasteiger charge is 2.07. The first kappa shape index (κ1) is 14.4. The van der Waals surface area contributed by atoms with Crippen molar-refractivity contribution in [2.24, 2.45) is 0 Å². The molecule has 0 spiro atoms. The molecule has 0 saturated carbocycles. The Hall–Kier alpha value is -1.02. The average Bonchev–Trinajstić information content (AvgIpc) is 2.40. The molecule has 0 heterocycles. The SMILES string of the molecule is CN(C)CCc1ccccc1-c1ccc(Cl)c(Cl)c1. The molecule has 0 amide bonds. The quantitative estimate of drug-likeness (QED) is 0.785. The number of rotatable bonds is 4. The summed E-state index contributed by atoms with van der Waals surface area (Å²) in [6.07, 6.45) is 1.02. The molecule has 19 heavy (non-hydrogen) atoms. The third-order valence-corrected chi connectivity index (χ3v) is 3.82. The van der Waals surface area contributed by atoms with Crippen molar-refractivity contribution in [1.29, 1.82) is 0 Å². The van der Waals surface area contributed by atoms with Crippen LogP contribution in [0.25, 0.3) is 11.1 Å². The van der Waals surface area contributed by atoms with Crippen LogP contribution in [0, 0.1) is 0 Å². The lowest BCUT2D eigenvalue weighted by atomic mass is 9.97. The van der Waals surface area contributed by atoms with Crippen molar-refractivity contribution in [3.8, 4) is 11.1 Å². The fraction of sp³-hybridized carbons (Fsp3) is 0.250. The fourth-order valence-electron chi connectivity index (χ4n) is 2.03. The van der Waals surface area contributed by atoms with Crippen LogP contribution < -0.4 is 0 Å². The highest BCUT2D eigenvalue weighted by Crippen LogP contribution is 2.30. The molecular formula is C16H17Cl2N. The molecule has 100 valence electrons. The van der Waals surface area contributed by atoms with Gasteiger partial charge in [-0.3, -0.25) is 0 Å². The average molecular weight is 294 g/mol. The standard InChI is InChI=1S/C16H17Cl2N/c1-19(2)10-9-12-5-3-4-6-14(12)13-7-8-15(17)16(18)11-13/h3-8,11H,9-10H2,1-2H3. The number of nitrogens with zero attached hydrogens (tertiary/aromatic N) is 1. The Bertz CT molecular complexity index is 564. The van der Waals surface area contributed by atoms with Crippen LogP contribution in [0.1, 0.15) is 5.56 Å². The molecule has 0 saturated heterocycles. The third kappa shape index (κ3) is 3.73. The van der Waals surface area contributed by atoms with Gasteiger partial charge in [-0.05, 0) is 49.3 Å². The maximum absolute atomic E-state index is 6.10. The van der Waals surface area contributed by atoms with Crippen LogP contribution >= 0.6 is 23.2 Å². The zero-order valence-corrected chi connectivity index (χ0v) is 12.7. The van der Waals surface area contributed by atoms with Gasteiger partial charge in [-0.15, -0.1) is 0 Å². The van der Waals surface area contributed by atoms with E-state index >= 15 is 0 Å². The Balaban J connectivity index is 2.35. The van der Waals surface area contributed by atoms with Gasteiger partial charge in [-0.1, -0.05) is 53.5 Å². The van der Waals surface area contributed by atoms with Crippen LogP contribution in [-0.2, 0) is 6.42 Å². The minimum atomic E-state index is 0.594. The summed E-state index contributed by atoms with van der Waals surface area (Å²) < 4.78 is 0. The molecular weight excluding hydrogens is 277 g/mol. The van der Waals surface area contributed by atoms with Crippen molar-refractivity contribution in [2.45, 2.75) is 6.42 Å². The Morgan fingerprint density at radius 3 is 2.37 bits per heavy atom. The van der Waals surface area contributed by atoms with Crippen LogP contribution in [0.4, 0.5) is 0 Å². The van der Waals surface area contributed by atoms with Gasteiger partial charge in [-0.2, -0.15) is 0 Å². The Kier molecular flexibility index (Phi) is 4.87. The lowest BCUT2D eigenvalue weighted by Gasteiger charge is -2.13. The van der Waals surface area contributed by atoms with Crippen molar-refractivity contribution in [3.63, 3.8) is 0 Å². The topological polar surface area (TPSA) is 3.24 Å². The number of benzene rings is 2. The van der Waals surface area contributed by atoms with Gasteiger partial charge in [0.05, 0.1) is 10.0 Å². The van der Waals surface area contributed by atoms with Crippen molar-refractivity contribution in [2.75, 3.05) is 20.6 Å². The van der Waals surface area contributed by atoms with E-state index in [-0.39, 0.29) is 0 Å². The molecule has 0 bridgehead atoms. The van der Waals surface area contributed by atoms with E-state index in [1.807, 2.05) is 18.2 Å². The van der Waals surface area contributed by atoms with Gasteiger partial charge in [0.25, 0.3) is 0 Å². The second-order valence-corrected chi connectivity index (χ2v) is 5.65. The molecule has 0 aliphatic carbocycles. The molecule has 0 fully saturated rings. The maximum atomic E-state index is 6.10. The van der Waals surface area contributed by atoms with E-state index in [9.17, 15) is 0 Å². The molecule has 0 aliphatic rings.